The Morgan fingerprint density at radius 1 is 1.33 bits per heavy atom. The quantitative estimate of drug-likeness (QED) is 0.358. The van der Waals surface area contributed by atoms with Gasteiger partial charge < -0.3 is 5.73 Å². The summed E-state index contributed by atoms with van der Waals surface area (Å²) >= 11 is 10.8. The van der Waals surface area contributed by atoms with Crippen LogP contribution >= 0.6 is 23.2 Å². The number of nitrogens with two attached hydrogens (primary N) is 1. The summed E-state index contributed by atoms with van der Waals surface area (Å²) in [7, 11) is 0. The summed E-state index contributed by atoms with van der Waals surface area (Å²) in [6.07, 6.45) is 0. The first-order valence-corrected chi connectivity index (χ1v) is 2.89. The standard InChI is InChI=1S/C4H3Cl2N3/c5-2-1-3(7)9-4(6)8-2/h1H,(H2,7,8,9)/i7+1. The molecule has 0 aliphatic carbocycles. The normalized spacial score (nSPS) is 9.56. The Morgan fingerprint density at radius 3 is 2.44 bits per heavy atom. The third-order valence-electron chi connectivity index (χ3n) is 0.687. The van der Waals surface area contributed by atoms with Crippen molar-refractivity contribution in [2.75, 3.05) is 5.73 Å². The number of rotatable bonds is 0. The number of halogens is 2. The summed E-state index contributed by atoms with van der Waals surface area (Å²) in [4.78, 5) is 7.16. The molecule has 9 heavy (non-hydrogen) atoms. The fourth-order valence-corrected chi connectivity index (χ4v) is 0.830. The van der Waals surface area contributed by atoms with Crippen LogP contribution in [0.2, 0.25) is 10.4 Å². The summed E-state index contributed by atoms with van der Waals surface area (Å²) < 4.78 is 0. The van der Waals surface area contributed by atoms with Gasteiger partial charge in [0.25, 0.3) is 0 Å². The van der Waals surface area contributed by atoms with E-state index in [2.05, 4.69) is 9.97 Å². The molecule has 2 N–H and O–H groups in total. The number of nitrogen functional groups attached to an aromatic ring is 1. The first-order chi connectivity index (χ1) is 4.18. The van der Waals surface area contributed by atoms with Crippen LogP contribution in [0.25, 0.3) is 0 Å². The van der Waals surface area contributed by atoms with Crippen molar-refractivity contribution in [2.24, 2.45) is 0 Å². The molecule has 1 rings (SSSR count). The van der Waals surface area contributed by atoms with E-state index in [1.54, 1.807) is 0 Å². The predicted molar refractivity (Wildman–Crippen MR) is 36.5 cm³/mol. The zero-order chi connectivity index (χ0) is 6.85. The Bertz CT molecular complexity index is 175. The molecule has 0 aliphatic rings. The van der Waals surface area contributed by atoms with Crippen LogP contribution < -0.4 is 5.73 Å². The van der Waals surface area contributed by atoms with Gasteiger partial charge in [0, 0.05) is 6.07 Å². The lowest BCUT2D eigenvalue weighted by atomic mass is 10.6. The maximum absolute atomic E-state index is 5.43. The Morgan fingerprint density at radius 2 is 2.00 bits per heavy atom. The SMILES string of the molecule is [15NH2]c1cc(Cl)nc(Cl)n1. The van der Waals surface area contributed by atoms with E-state index in [9.17, 15) is 0 Å². The lowest BCUT2D eigenvalue weighted by molar-refractivity contribution is 1.18. The fourth-order valence-electron chi connectivity index (χ4n) is 0.406. The highest BCUT2D eigenvalue weighted by molar-refractivity contribution is 6.32. The van der Waals surface area contributed by atoms with Crippen LogP contribution in [-0.4, -0.2) is 9.97 Å². The van der Waals surface area contributed by atoms with E-state index < -0.39 is 0 Å². The van der Waals surface area contributed by atoms with Gasteiger partial charge >= 0.3 is 0 Å². The van der Waals surface area contributed by atoms with E-state index in [4.69, 9.17) is 28.9 Å². The average Bonchev–Trinajstić information content (AvgIpc) is 1.59. The molecule has 0 atom stereocenters. The summed E-state index contributed by atoms with van der Waals surface area (Å²) in [5.74, 6) is 0.278. The lowest BCUT2D eigenvalue weighted by Crippen LogP contribution is -1.91. The second kappa shape index (κ2) is 2.37. The molecule has 1 aromatic heterocycles. The number of aromatic nitrogens is 2. The van der Waals surface area contributed by atoms with E-state index >= 15 is 0 Å². The van der Waals surface area contributed by atoms with E-state index in [0.717, 1.165) is 0 Å². The van der Waals surface area contributed by atoms with Crippen LogP contribution in [0, 0.1) is 0 Å². The molecule has 0 radical (unpaired) electrons. The molecule has 0 bridgehead atoms. The van der Waals surface area contributed by atoms with Gasteiger partial charge in [-0.05, 0) is 11.6 Å². The van der Waals surface area contributed by atoms with Crippen molar-refractivity contribution in [1.29, 1.82) is 0 Å². The first-order valence-electron chi connectivity index (χ1n) is 2.14. The minimum atomic E-state index is 0.0694. The topological polar surface area (TPSA) is 51.8 Å². The van der Waals surface area contributed by atoms with Crippen LogP contribution in [0.3, 0.4) is 0 Å². The van der Waals surface area contributed by atoms with Gasteiger partial charge in [-0.2, -0.15) is 0 Å². The Balaban J connectivity index is 3.17. The molecule has 0 aliphatic heterocycles. The zero-order valence-corrected chi connectivity index (χ0v) is 5.82. The predicted octanol–water partition coefficient (Wildman–Crippen LogP) is 1.37. The van der Waals surface area contributed by atoms with Crippen molar-refractivity contribution in [1.82, 2.24) is 9.97 Å². The van der Waals surface area contributed by atoms with E-state index in [1.807, 2.05) is 0 Å². The minimum absolute atomic E-state index is 0.0694. The second-order valence-electron chi connectivity index (χ2n) is 1.38. The highest BCUT2D eigenvalue weighted by atomic mass is 35.5. The molecule has 0 spiro atoms. The van der Waals surface area contributed by atoms with Crippen molar-refractivity contribution in [3.05, 3.63) is 16.5 Å². The van der Waals surface area contributed by atoms with Crippen LogP contribution in [0.1, 0.15) is 0 Å². The summed E-state index contributed by atoms with van der Waals surface area (Å²) in [5, 5.41) is 0.326. The largest absolute Gasteiger partial charge is 0.384 e. The van der Waals surface area contributed by atoms with Crippen molar-refractivity contribution in [3.8, 4) is 0 Å². The minimum Gasteiger partial charge on any atom is -0.384 e. The van der Waals surface area contributed by atoms with Crippen LogP contribution in [-0.2, 0) is 0 Å². The highest BCUT2D eigenvalue weighted by Gasteiger charge is 1.94. The summed E-state index contributed by atoms with van der Waals surface area (Å²) in [5.41, 5.74) is 5.24. The molecule has 0 aromatic carbocycles. The Labute approximate surface area is 61.8 Å². The molecule has 0 amide bonds. The molecule has 0 saturated carbocycles. The molecular weight excluding hydrogens is 162 g/mol. The molecule has 3 nitrogen and oxygen atoms in total. The molecular formula is C4H3Cl2N3. The monoisotopic (exact) mass is 164 g/mol. The highest BCUT2D eigenvalue weighted by Crippen LogP contribution is 2.10. The van der Waals surface area contributed by atoms with Crippen molar-refractivity contribution in [3.63, 3.8) is 0 Å². The van der Waals surface area contributed by atoms with Gasteiger partial charge in [-0.3, -0.25) is 0 Å². The number of anilines is 1. The van der Waals surface area contributed by atoms with Gasteiger partial charge in [-0.25, -0.2) is 9.97 Å². The van der Waals surface area contributed by atoms with Crippen molar-refractivity contribution in [2.45, 2.75) is 0 Å². The molecule has 0 fully saturated rings. The van der Waals surface area contributed by atoms with E-state index in [1.165, 1.54) is 6.07 Å². The van der Waals surface area contributed by atoms with Crippen LogP contribution in [0.5, 0.6) is 0 Å². The molecule has 0 saturated heterocycles. The van der Waals surface area contributed by atoms with Crippen molar-refractivity contribution >= 4 is 29.0 Å². The second-order valence-corrected chi connectivity index (χ2v) is 2.11. The van der Waals surface area contributed by atoms with Gasteiger partial charge in [0.15, 0.2) is 0 Å². The Kier molecular flexibility index (Phi) is 1.73. The molecule has 5 heteroatoms. The van der Waals surface area contributed by atoms with Gasteiger partial charge in [0.2, 0.25) is 5.28 Å². The van der Waals surface area contributed by atoms with E-state index in [-0.39, 0.29) is 16.3 Å². The number of hydrogen-bond donors (Lipinski definition) is 1. The third kappa shape index (κ3) is 1.69. The fraction of sp³-hybridized carbons (Fsp3) is 0. The summed E-state index contributed by atoms with van der Waals surface area (Å²) in [6, 6.07) is 1.42. The van der Waals surface area contributed by atoms with Crippen LogP contribution in [0.4, 0.5) is 5.82 Å². The zero-order valence-electron chi connectivity index (χ0n) is 4.31. The van der Waals surface area contributed by atoms with E-state index in [0.29, 0.717) is 0 Å². The van der Waals surface area contributed by atoms with Gasteiger partial charge in [-0.15, -0.1) is 0 Å². The van der Waals surface area contributed by atoms with Gasteiger partial charge in [-0.1, -0.05) is 11.6 Å². The van der Waals surface area contributed by atoms with Gasteiger partial charge in [0.1, 0.15) is 11.0 Å². The molecule has 48 valence electrons. The Hall–Kier alpha value is -0.540. The molecule has 1 heterocycles. The first kappa shape index (κ1) is 6.58. The molecule has 1 aromatic rings. The van der Waals surface area contributed by atoms with Crippen molar-refractivity contribution < 1.29 is 0 Å². The maximum atomic E-state index is 5.43. The lowest BCUT2D eigenvalue weighted by Gasteiger charge is -1.91. The average molecular weight is 165 g/mol. The number of nitrogens with zero attached hydrogens (tertiary/aromatic N) is 2. The summed E-state index contributed by atoms with van der Waals surface area (Å²) in [6.45, 7) is 0. The van der Waals surface area contributed by atoms with Gasteiger partial charge in [0.05, 0.1) is 0 Å². The smallest absolute Gasteiger partial charge is 0.225 e. The maximum Gasteiger partial charge on any atom is 0.225 e. The molecule has 0 unspecified atom stereocenters. The number of hydrogen-bond acceptors (Lipinski definition) is 3. The third-order valence-corrected chi connectivity index (χ3v) is 1.05. The van der Waals surface area contributed by atoms with Crippen LogP contribution in [0.15, 0.2) is 6.07 Å².